The van der Waals surface area contributed by atoms with Crippen LogP contribution in [0.2, 0.25) is 0 Å². The Bertz CT molecular complexity index is 5810. The summed E-state index contributed by atoms with van der Waals surface area (Å²) in [5.41, 5.74) is -1.61. The van der Waals surface area contributed by atoms with Gasteiger partial charge in [-0.05, 0) is 146 Å². The van der Waals surface area contributed by atoms with Gasteiger partial charge in [0.25, 0.3) is 0 Å². The molecular formula is C75H33F15N12. The van der Waals surface area contributed by atoms with Crippen molar-refractivity contribution in [3.8, 4) is 67.9 Å². The van der Waals surface area contributed by atoms with Crippen molar-refractivity contribution in [2.24, 2.45) is 15.0 Å². The highest BCUT2D eigenvalue weighted by Crippen LogP contribution is 2.42. The molecule has 12 aromatic rings. The van der Waals surface area contributed by atoms with E-state index in [2.05, 4.69) is 54.8 Å². The molecule has 3 aromatic carbocycles. The Morgan fingerprint density at radius 2 is 0.471 bits per heavy atom. The highest BCUT2D eigenvalue weighted by atomic mass is 19.2. The number of H-pyrrole nitrogens is 3. The summed E-state index contributed by atoms with van der Waals surface area (Å²) in [5.74, 6) is -33.3. The van der Waals surface area contributed by atoms with Crippen LogP contribution in [0.25, 0.3) is 84.7 Å². The molecule has 21 rings (SSSR count). The summed E-state index contributed by atoms with van der Waals surface area (Å²) in [7, 11) is 0. The Kier molecular flexibility index (Phi) is 15.4. The number of pyridine rings is 6. The second-order valence-corrected chi connectivity index (χ2v) is 23.0. The Hall–Kier alpha value is -13.2. The summed E-state index contributed by atoms with van der Waals surface area (Å²) in [5, 5.41) is 0. The Morgan fingerprint density at radius 1 is 0.216 bits per heavy atom. The van der Waals surface area contributed by atoms with E-state index in [1.807, 2.05) is 0 Å². The molecule has 0 amide bonds. The molecule has 0 radical (unpaired) electrons. The van der Waals surface area contributed by atoms with E-state index in [1.54, 1.807) is 72.8 Å². The number of hydrogen-bond donors (Lipinski definition) is 3. The highest BCUT2D eigenvalue weighted by Gasteiger charge is 2.35. The number of aliphatic imine (C=N–C) groups is 3. The zero-order valence-corrected chi connectivity index (χ0v) is 51.0. The van der Waals surface area contributed by atoms with Gasteiger partial charge < -0.3 is 15.0 Å². The van der Waals surface area contributed by atoms with Crippen LogP contribution >= 0.6 is 0 Å². The lowest BCUT2D eigenvalue weighted by Gasteiger charge is -2.13. The van der Waals surface area contributed by atoms with Gasteiger partial charge in [-0.15, -0.1) is 0 Å². The Balaban J connectivity index is 0.814. The molecule has 27 heteroatoms. The predicted octanol–water partition coefficient (Wildman–Crippen LogP) is 17.9. The van der Waals surface area contributed by atoms with Gasteiger partial charge in [0.05, 0.1) is 90.8 Å². The van der Waals surface area contributed by atoms with Crippen molar-refractivity contribution in [3.05, 3.63) is 338 Å². The van der Waals surface area contributed by atoms with Crippen molar-refractivity contribution >= 4 is 33.9 Å². The first kappa shape index (κ1) is 63.5. The van der Waals surface area contributed by atoms with Crippen molar-refractivity contribution in [2.45, 2.75) is 0 Å². The number of aromatic amines is 3. The third-order valence-electron chi connectivity index (χ3n) is 17.1. The van der Waals surface area contributed by atoms with Crippen LogP contribution in [0.5, 0.6) is 0 Å². The second-order valence-electron chi connectivity index (χ2n) is 23.0. The van der Waals surface area contributed by atoms with Crippen LogP contribution in [-0.2, 0) is 0 Å². The summed E-state index contributed by atoms with van der Waals surface area (Å²) in [4.78, 5) is 50.1. The number of nitrogens with zero attached hydrogens (tertiary/aromatic N) is 9. The fraction of sp³-hybridized carbons (Fsp3) is 0. The van der Waals surface area contributed by atoms with Crippen LogP contribution in [0.15, 0.2) is 215 Å². The lowest BCUT2D eigenvalue weighted by atomic mass is 9.98. The highest BCUT2D eigenvalue weighted by molar-refractivity contribution is 6.14. The number of benzene rings is 3. The third kappa shape index (κ3) is 10.7. The SMILES string of the molecule is Fc1c(F)c(F)c(/C2=C3\C=CC(=N3)c3ccc(nc3)-c3ccc(cn3)-c3ccc([nH]3)/C(c3c(F)c(F)c(F)c(F)c3F)=C3/C=CC(=N3)c3cccc(n3)-c3ccc(cn3)-c3ccc([nH]3)/C(c3c(F)c(F)c(F)c(F)c3F)=C3/C=CC(=N3)c3ccc(nc3)-c3ccc(cn3)-c3ccc2[nH]3)c(F)c1F. The maximum atomic E-state index is 16.0. The number of rotatable bonds is 3. The monoisotopic (exact) mass is 1390 g/mol. The van der Waals surface area contributed by atoms with E-state index >= 15 is 52.7 Å². The smallest absolute Gasteiger partial charge is 0.200 e. The molecule has 0 aliphatic carbocycles. The topological polar surface area (TPSA) is 162 Å². The van der Waals surface area contributed by atoms with E-state index < -0.39 is 121 Å². The number of halogens is 15. The molecule has 0 saturated carbocycles. The summed E-state index contributed by atoms with van der Waals surface area (Å²) in [6, 6.07) is 28.9. The van der Waals surface area contributed by atoms with Gasteiger partial charge >= 0.3 is 0 Å². The molecule has 9 aliphatic rings. The van der Waals surface area contributed by atoms with Crippen LogP contribution < -0.4 is 0 Å². The molecule has 0 saturated heterocycles. The molecule has 102 heavy (non-hydrogen) atoms. The average Bonchev–Trinajstić information content (AvgIpc) is 1.45. The van der Waals surface area contributed by atoms with Crippen LogP contribution in [0.1, 0.15) is 50.6 Å². The molecule has 18 heterocycles. The lowest BCUT2D eigenvalue weighted by Crippen LogP contribution is -2.08. The van der Waals surface area contributed by atoms with Crippen molar-refractivity contribution in [2.75, 3.05) is 0 Å². The third-order valence-corrected chi connectivity index (χ3v) is 17.1. The van der Waals surface area contributed by atoms with Gasteiger partial charge in [0.15, 0.2) is 69.8 Å². The number of aromatic nitrogens is 9. The van der Waals surface area contributed by atoms with E-state index in [0.29, 0.717) is 50.6 Å². The minimum absolute atomic E-state index is 0.0858. The molecular weight excluding hydrogens is 1350 g/mol. The maximum absolute atomic E-state index is 16.0. The Labute approximate surface area is 562 Å². The molecule has 9 aromatic heterocycles. The molecule has 498 valence electrons. The summed E-state index contributed by atoms with van der Waals surface area (Å²) in [6.07, 6.45) is 15.2. The average molecular weight is 1390 g/mol. The van der Waals surface area contributed by atoms with E-state index in [9.17, 15) is 13.2 Å². The molecule has 9 aliphatic heterocycles. The van der Waals surface area contributed by atoms with Crippen LogP contribution in [0, 0.1) is 87.3 Å². The first-order valence-corrected chi connectivity index (χ1v) is 30.2. The zero-order chi connectivity index (χ0) is 70.7. The fourth-order valence-electron chi connectivity index (χ4n) is 12.0. The van der Waals surface area contributed by atoms with Gasteiger partial charge in [-0.2, -0.15) is 0 Å². The van der Waals surface area contributed by atoms with Crippen molar-refractivity contribution in [1.29, 1.82) is 0 Å². The fourth-order valence-corrected chi connectivity index (χ4v) is 12.0. The van der Waals surface area contributed by atoms with E-state index in [0.717, 1.165) is 0 Å². The van der Waals surface area contributed by atoms with Crippen LogP contribution in [0.4, 0.5) is 65.9 Å². The minimum atomic E-state index is -2.39. The van der Waals surface area contributed by atoms with Crippen molar-refractivity contribution in [3.63, 3.8) is 0 Å². The van der Waals surface area contributed by atoms with Crippen molar-refractivity contribution in [1.82, 2.24) is 44.9 Å². The zero-order valence-electron chi connectivity index (χ0n) is 51.0. The lowest BCUT2D eigenvalue weighted by molar-refractivity contribution is 0.376. The van der Waals surface area contributed by atoms with Crippen LogP contribution in [-0.4, -0.2) is 62.0 Å². The quantitative estimate of drug-likeness (QED) is 0.0906. The molecule has 12 nitrogen and oxygen atoms in total. The molecule has 0 spiro atoms. The van der Waals surface area contributed by atoms with Crippen molar-refractivity contribution < 1.29 is 65.9 Å². The maximum Gasteiger partial charge on any atom is 0.200 e. The van der Waals surface area contributed by atoms with Gasteiger partial charge in [0.1, 0.15) is 0 Å². The number of allylic oxidation sites excluding steroid dienone is 6. The predicted molar refractivity (Wildman–Crippen MR) is 346 cm³/mol. The normalized spacial score (nSPS) is 16.1. The first-order chi connectivity index (χ1) is 49.3. The number of fused-ring (bicyclic) bond motifs is 5. The largest absolute Gasteiger partial charge is 0.354 e. The first-order valence-electron chi connectivity index (χ1n) is 30.2. The number of nitrogens with one attached hydrogen (secondary N) is 3. The van der Waals surface area contributed by atoms with E-state index in [1.165, 1.54) is 110 Å². The van der Waals surface area contributed by atoms with Gasteiger partial charge in [-0.3, -0.25) is 24.9 Å². The van der Waals surface area contributed by atoms with Gasteiger partial charge in [-0.25, -0.2) is 85.8 Å². The van der Waals surface area contributed by atoms with E-state index in [-0.39, 0.29) is 85.5 Å². The molecule has 3 N–H and O–H groups in total. The molecule has 0 unspecified atom stereocenters. The van der Waals surface area contributed by atoms with E-state index in [4.69, 9.17) is 4.98 Å². The summed E-state index contributed by atoms with van der Waals surface area (Å²) in [6.45, 7) is 0. The Morgan fingerprint density at radius 3 is 0.775 bits per heavy atom. The van der Waals surface area contributed by atoms with Gasteiger partial charge in [0.2, 0.25) is 17.5 Å². The minimum Gasteiger partial charge on any atom is -0.354 e. The number of hydrogen-bond acceptors (Lipinski definition) is 9. The molecule has 24 bridgehead atoms. The van der Waals surface area contributed by atoms with Gasteiger partial charge in [0, 0.05) is 110 Å². The second kappa shape index (κ2) is 24.7. The molecule has 0 fully saturated rings. The molecule has 0 atom stereocenters. The summed E-state index contributed by atoms with van der Waals surface area (Å²) >= 11 is 0. The van der Waals surface area contributed by atoms with Gasteiger partial charge in [-0.1, -0.05) is 6.07 Å². The standard InChI is InChI=1S/C75H33F15N12/c76-61-58(62(77)68(83)73(88)67(61)82)55-49-20-14-36(96-49)31-4-9-41(91-26-31)42-10-5-33(28-92-42)38-16-22-51(98-38)56(59-63(78)69(84)74(89)70(85)64(59)79)52-23-17-40(99-52)35-8-13-45(95-30-35)46-2-1-3-47(101-46)48-19-25-54(102-48)57(60-65(80)71(86)75(90)72(87)66(60)81)53-24-18-39(100-53)34-7-12-44(94-29-34)43-11-6-32(27-93-43)37-15-21-50(55)97-37/h1-30,96,99-100H/b55-50+,56-51+,57-54+. The summed E-state index contributed by atoms with van der Waals surface area (Å²) < 4.78 is 230. The van der Waals surface area contributed by atoms with Crippen LogP contribution in [0.3, 0.4) is 0 Å².